The zero-order chi connectivity index (χ0) is 13.2. The monoisotopic (exact) mass is 290 g/mol. The highest BCUT2D eigenvalue weighted by molar-refractivity contribution is 7.19. The molecule has 1 aromatic heterocycles. The lowest BCUT2D eigenvalue weighted by Gasteiger charge is -2.03. The van der Waals surface area contributed by atoms with E-state index >= 15 is 0 Å². The molecular formula is C14H11ClN2OS. The van der Waals surface area contributed by atoms with Crippen LogP contribution in [0.4, 0.5) is 5.69 Å². The molecule has 2 aromatic carbocycles. The third-order valence-electron chi connectivity index (χ3n) is 2.65. The zero-order valence-electron chi connectivity index (χ0n) is 9.97. The quantitative estimate of drug-likeness (QED) is 0.738. The summed E-state index contributed by atoms with van der Waals surface area (Å²) in [4.78, 5) is 4.49. The van der Waals surface area contributed by atoms with Gasteiger partial charge in [-0.2, -0.15) is 0 Å². The summed E-state index contributed by atoms with van der Waals surface area (Å²) in [7, 11) is 0. The van der Waals surface area contributed by atoms with E-state index in [1.165, 1.54) is 0 Å². The molecule has 0 amide bonds. The van der Waals surface area contributed by atoms with Crippen molar-refractivity contribution in [2.24, 2.45) is 0 Å². The van der Waals surface area contributed by atoms with Crippen LogP contribution in [0.15, 0.2) is 42.5 Å². The first-order valence-corrected chi connectivity index (χ1v) is 6.94. The third kappa shape index (κ3) is 2.64. The fraction of sp³-hybridized carbons (Fsp3) is 0.0714. The Morgan fingerprint density at radius 2 is 1.95 bits per heavy atom. The number of fused-ring (bicyclic) bond motifs is 1. The first kappa shape index (κ1) is 12.3. The number of anilines is 1. The number of hydrogen-bond acceptors (Lipinski definition) is 4. The van der Waals surface area contributed by atoms with Crippen molar-refractivity contribution in [1.29, 1.82) is 0 Å². The summed E-state index contributed by atoms with van der Waals surface area (Å²) >= 11 is 7.67. The van der Waals surface area contributed by atoms with Gasteiger partial charge in [0.2, 0.25) is 0 Å². The van der Waals surface area contributed by atoms with E-state index in [-0.39, 0.29) is 0 Å². The van der Waals surface area contributed by atoms with Crippen LogP contribution in [0.1, 0.15) is 5.01 Å². The normalized spacial score (nSPS) is 10.8. The molecule has 0 saturated heterocycles. The summed E-state index contributed by atoms with van der Waals surface area (Å²) in [6.07, 6.45) is 0. The molecule has 3 nitrogen and oxygen atoms in total. The SMILES string of the molecule is Nc1ccc(OCc2nc3cccc(Cl)c3s2)cc1. The first-order valence-electron chi connectivity index (χ1n) is 5.74. The van der Waals surface area contributed by atoms with Crippen LogP contribution in [-0.4, -0.2) is 4.98 Å². The number of nitrogens with two attached hydrogens (primary N) is 1. The molecule has 0 radical (unpaired) electrons. The van der Waals surface area contributed by atoms with Crippen molar-refractivity contribution >= 4 is 38.8 Å². The van der Waals surface area contributed by atoms with E-state index in [1.54, 1.807) is 11.3 Å². The molecular weight excluding hydrogens is 280 g/mol. The van der Waals surface area contributed by atoms with Gasteiger partial charge in [0.25, 0.3) is 0 Å². The highest BCUT2D eigenvalue weighted by atomic mass is 35.5. The fourth-order valence-electron chi connectivity index (χ4n) is 1.73. The minimum Gasteiger partial charge on any atom is -0.486 e. The molecule has 0 spiro atoms. The zero-order valence-corrected chi connectivity index (χ0v) is 11.5. The van der Waals surface area contributed by atoms with Gasteiger partial charge in [-0.25, -0.2) is 4.98 Å². The summed E-state index contributed by atoms with van der Waals surface area (Å²) in [6.45, 7) is 0.430. The summed E-state index contributed by atoms with van der Waals surface area (Å²) in [5.41, 5.74) is 7.25. The minimum absolute atomic E-state index is 0.430. The second kappa shape index (κ2) is 5.07. The molecule has 0 aliphatic carbocycles. The van der Waals surface area contributed by atoms with E-state index in [9.17, 15) is 0 Å². The van der Waals surface area contributed by atoms with Crippen LogP contribution in [0, 0.1) is 0 Å². The molecule has 3 aromatic rings. The molecule has 0 saturated carbocycles. The lowest BCUT2D eigenvalue weighted by atomic mass is 10.3. The number of aromatic nitrogens is 1. The van der Waals surface area contributed by atoms with Crippen LogP contribution < -0.4 is 10.5 Å². The van der Waals surface area contributed by atoms with Crippen molar-refractivity contribution in [2.45, 2.75) is 6.61 Å². The Kier molecular flexibility index (Phi) is 3.27. The van der Waals surface area contributed by atoms with Gasteiger partial charge in [0.1, 0.15) is 17.4 Å². The van der Waals surface area contributed by atoms with E-state index in [0.717, 1.165) is 31.7 Å². The van der Waals surface area contributed by atoms with Crippen LogP contribution in [0.2, 0.25) is 5.02 Å². The van der Waals surface area contributed by atoms with Crippen molar-refractivity contribution in [3.63, 3.8) is 0 Å². The topological polar surface area (TPSA) is 48.1 Å². The van der Waals surface area contributed by atoms with Gasteiger partial charge in [0.05, 0.1) is 15.2 Å². The molecule has 3 rings (SSSR count). The van der Waals surface area contributed by atoms with Crippen LogP contribution >= 0.6 is 22.9 Å². The van der Waals surface area contributed by atoms with Gasteiger partial charge in [-0.15, -0.1) is 11.3 Å². The molecule has 19 heavy (non-hydrogen) atoms. The Morgan fingerprint density at radius 3 is 2.68 bits per heavy atom. The number of nitrogen functional groups attached to an aromatic ring is 1. The Labute approximate surface area is 119 Å². The maximum Gasteiger partial charge on any atom is 0.140 e. The van der Waals surface area contributed by atoms with Gasteiger partial charge >= 0.3 is 0 Å². The third-order valence-corrected chi connectivity index (χ3v) is 4.16. The van der Waals surface area contributed by atoms with Gasteiger partial charge < -0.3 is 10.5 Å². The number of thiazole rings is 1. The lowest BCUT2D eigenvalue weighted by molar-refractivity contribution is 0.306. The predicted molar refractivity (Wildman–Crippen MR) is 79.8 cm³/mol. The Morgan fingerprint density at radius 1 is 1.16 bits per heavy atom. The van der Waals surface area contributed by atoms with Crippen LogP contribution in [-0.2, 0) is 6.61 Å². The van der Waals surface area contributed by atoms with Crippen molar-refractivity contribution in [3.8, 4) is 5.75 Å². The molecule has 1 heterocycles. The smallest absolute Gasteiger partial charge is 0.140 e. The van der Waals surface area contributed by atoms with Crippen LogP contribution in [0.3, 0.4) is 0 Å². The number of halogens is 1. The van der Waals surface area contributed by atoms with Crippen molar-refractivity contribution in [3.05, 3.63) is 52.5 Å². The predicted octanol–water partition coefficient (Wildman–Crippen LogP) is 4.11. The van der Waals surface area contributed by atoms with Crippen LogP contribution in [0.25, 0.3) is 10.2 Å². The van der Waals surface area contributed by atoms with Crippen molar-refractivity contribution < 1.29 is 4.74 Å². The number of ether oxygens (including phenoxy) is 1. The number of rotatable bonds is 3. The molecule has 0 aliphatic rings. The Bertz CT molecular complexity index is 709. The van der Waals surface area contributed by atoms with Crippen molar-refractivity contribution in [1.82, 2.24) is 4.98 Å². The van der Waals surface area contributed by atoms with Gasteiger partial charge in [-0.05, 0) is 36.4 Å². The van der Waals surface area contributed by atoms with Gasteiger partial charge in [-0.1, -0.05) is 17.7 Å². The summed E-state index contributed by atoms with van der Waals surface area (Å²) in [5.74, 6) is 0.777. The van der Waals surface area contributed by atoms with E-state index in [2.05, 4.69) is 4.98 Å². The fourth-order valence-corrected chi connectivity index (χ4v) is 2.90. The standard InChI is InChI=1S/C14H11ClN2OS/c15-11-2-1-3-12-14(11)19-13(17-12)8-18-10-6-4-9(16)5-7-10/h1-7H,8,16H2. The van der Waals surface area contributed by atoms with E-state index in [4.69, 9.17) is 22.1 Å². The Hall–Kier alpha value is -1.78. The van der Waals surface area contributed by atoms with Crippen molar-refractivity contribution in [2.75, 3.05) is 5.73 Å². The summed E-state index contributed by atoms with van der Waals surface area (Å²) in [5, 5.41) is 1.63. The molecule has 5 heteroatoms. The maximum absolute atomic E-state index is 6.12. The van der Waals surface area contributed by atoms with E-state index in [1.807, 2.05) is 42.5 Å². The molecule has 2 N–H and O–H groups in total. The highest BCUT2D eigenvalue weighted by Gasteiger charge is 2.07. The molecule has 0 unspecified atom stereocenters. The maximum atomic E-state index is 6.12. The number of nitrogens with zero attached hydrogens (tertiary/aromatic N) is 1. The van der Waals surface area contributed by atoms with Gasteiger partial charge in [0, 0.05) is 5.69 Å². The average molecular weight is 291 g/mol. The number of hydrogen-bond donors (Lipinski definition) is 1. The summed E-state index contributed by atoms with van der Waals surface area (Å²) in [6, 6.07) is 13.0. The second-order valence-corrected chi connectivity index (χ2v) is 5.54. The molecule has 0 aliphatic heterocycles. The molecule has 0 atom stereocenters. The first-order chi connectivity index (χ1) is 9.22. The Balaban J connectivity index is 1.78. The van der Waals surface area contributed by atoms with Crippen LogP contribution in [0.5, 0.6) is 5.75 Å². The minimum atomic E-state index is 0.430. The summed E-state index contributed by atoms with van der Waals surface area (Å²) < 4.78 is 6.67. The molecule has 0 fully saturated rings. The molecule has 0 bridgehead atoms. The lowest BCUT2D eigenvalue weighted by Crippen LogP contribution is -1.94. The highest BCUT2D eigenvalue weighted by Crippen LogP contribution is 2.29. The molecule has 96 valence electrons. The number of benzene rings is 2. The largest absolute Gasteiger partial charge is 0.486 e. The second-order valence-electron chi connectivity index (χ2n) is 4.05. The van der Waals surface area contributed by atoms with E-state index in [0.29, 0.717) is 6.61 Å². The van der Waals surface area contributed by atoms with Gasteiger partial charge in [-0.3, -0.25) is 0 Å². The van der Waals surface area contributed by atoms with Gasteiger partial charge in [0.15, 0.2) is 0 Å². The average Bonchev–Trinajstić information content (AvgIpc) is 2.83. The van der Waals surface area contributed by atoms with E-state index < -0.39 is 0 Å².